The Morgan fingerprint density at radius 3 is 3.18 bits per heavy atom. The first-order valence-corrected chi connectivity index (χ1v) is 7.44. The number of carbonyl (C=O) groups is 1. The van der Waals surface area contributed by atoms with E-state index in [4.69, 9.17) is 4.74 Å². The largest absolute Gasteiger partial charge is 0.378 e. The number of likely N-dealkylation sites (tertiary alicyclic amines) is 1. The van der Waals surface area contributed by atoms with Gasteiger partial charge in [0.25, 0.3) is 5.78 Å². The van der Waals surface area contributed by atoms with Crippen LogP contribution in [0.1, 0.15) is 25.5 Å². The molecule has 118 valence electrons. The zero-order valence-corrected chi connectivity index (χ0v) is 12.8. The first-order chi connectivity index (χ1) is 10.7. The molecular weight excluding hydrogens is 284 g/mol. The third-order valence-electron chi connectivity index (χ3n) is 3.79. The van der Waals surface area contributed by atoms with Crippen LogP contribution in [0.3, 0.4) is 0 Å². The first kappa shape index (κ1) is 14.7. The number of methoxy groups -OCH3 is 1. The fraction of sp³-hybridized carbons (Fsp3) is 0.571. The van der Waals surface area contributed by atoms with Crippen molar-refractivity contribution in [3.05, 3.63) is 18.1 Å². The SMILES string of the molecule is CCC(=O)N1CCC(Nc2cc(COC)nc3ncnn23)C1. The molecule has 1 unspecified atom stereocenters. The van der Waals surface area contributed by atoms with E-state index in [9.17, 15) is 4.79 Å². The molecule has 3 heterocycles. The molecule has 1 aliphatic rings. The Kier molecular flexibility index (Phi) is 4.19. The van der Waals surface area contributed by atoms with E-state index >= 15 is 0 Å². The van der Waals surface area contributed by atoms with E-state index in [-0.39, 0.29) is 11.9 Å². The van der Waals surface area contributed by atoms with Crippen molar-refractivity contribution in [2.45, 2.75) is 32.4 Å². The minimum absolute atomic E-state index is 0.199. The molecule has 1 aliphatic heterocycles. The summed E-state index contributed by atoms with van der Waals surface area (Å²) in [6.45, 7) is 3.82. The molecule has 1 saturated heterocycles. The van der Waals surface area contributed by atoms with E-state index in [1.54, 1.807) is 11.6 Å². The molecule has 1 atom stereocenters. The second-order valence-electron chi connectivity index (χ2n) is 5.36. The highest BCUT2D eigenvalue weighted by Gasteiger charge is 2.25. The molecule has 0 aromatic carbocycles. The van der Waals surface area contributed by atoms with Crippen LogP contribution in [0.25, 0.3) is 5.78 Å². The van der Waals surface area contributed by atoms with E-state index in [1.807, 2.05) is 17.9 Å². The van der Waals surface area contributed by atoms with Crippen LogP contribution in [0.4, 0.5) is 5.82 Å². The highest BCUT2D eigenvalue weighted by atomic mass is 16.5. The van der Waals surface area contributed by atoms with E-state index in [2.05, 4.69) is 20.4 Å². The lowest BCUT2D eigenvalue weighted by atomic mass is 10.2. The van der Waals surface area contributed by atoms with Crippen molar-refractivity contribution in [1.29, 1.82) is 0 Å². The highest BCUT2D eigenvalue weighted by Crippen LogP contribution is 2.18. The van der Waals surface area contributed by atoms with Crippen LogP contribution in [0.15, 0.2) is 12.4 Å². The van der Waals surface area contributed by atoms with Crippen LogP contribution < -0.4 is 5.32 Å². The number of hydrogen-bond acceptors (Lipinski definition) is 6. The number of ether oxygens (including phenoxy) is 1. The monoisotopic (exact) mass is 304 g/mol. The van der Waals surface area contributed by atoms with Crippen LogP contribution in [0.2, 0.25) is 0 Å². The minimum Gasteiger partial charge on any atom is -0.378 e. The van der Waals surface area contributed by atoms with Gasteiger partial charge in [-0.15, -0.1) is 0 Å². The fourth-order valence-corrected chi connectivity index (χ4v) is 2.72. The van der Waals surface area contributed by atoms with Gasteiger partial charge in [0.1, 0.15) is 12.1 Å². The third kappa shape index (κ3) is 2.87. The third-order valence-corrected chi connectivity index (χ3v) is 3.79. The standard InChI is InChI=1S/C14H20N6O2/c1-3-13(21)19-5-4-10(7-19)17-12-6-11(8-22-2)18-14-15-9-16-20(12)14/h6,9-10,17H,3-5,7-8H2,1-2H3. The molecule has 0 bridgehead atoms. The highest BCUT2D eigenvalue weighted by molar-refractivity contribution is 5.76. The average Bonchev–Trinajstić information content (AvgIpc) is 3.16. The Labute approximate surface area is 128 Å². The molecule has 0 saturated carbocycles. The van der Waals surface area contributed by atoms with Crippen molar-refractivity contribution in [1.82, 2.24) is 24.5 Å². The van der Waals surface area contributed by atoms with Crippen molar-refractivity contribution in [3.8, 4) is 0 Å². The van der Waals surface area contributed by atoms with E-state index in [0.717, 1.165) is 24.5 Å². The smallest absolute Gasteiger partial charge is 0.254 e. The van der Waals surface area contributed by atoms with Gasteiger partial charge in [0.2, 0.25) is 5.91 Å². The molecule has 0 spiro atoms. The van der Waals surface area contributed by atoms with Crippen molar-refractivity contribution in [2.24, 2.45) is 0 Å². The fourth-order valence-electron chi connectivity index (χ4n) is 2.72. The first-order valence-electron chi connectivity index (χ1n) is 7.44. The van der Waals surface area contributed by atoms with Crippen molar-refractivity contribution in [2.75, 3.05) is 25.5 Å². The molecule has 1 amide bonds. The Hall–Kier alpha value is -2.22. The van der Waals surface area contributed by atoms with Crippen LogP contribution in [0.5, 0.6) is 0 Å². The number of anilines is 1. The number of rotatable bonds is 5. The Morgan fingerprint density at radius 2 is 2.41 bits per heavy atom. The number of hydrogen-bond donors (Lipinski definition) is 1. The summed E-state index contributed by atoms with van der Waals surface area (Å²) in [5, 5.41) is 7.64. The van der Waals surface area contributed by atoms with Gasteiger partial charge in [0.15, 0.2) is 0 Å². The van der Waals surface area contributed by atoms with Crippen molar-refractivity contribution < 1.29 is 9.53 Å². The summed E-state index contributed by atoms with van der Waals surface area (Å²) >= 11 is 0. The molecule has 1 fully saturated rings. The second-order valence-corrected chi connectivity index (χ2v) is 5.36. The number of aromatic nitrogens is 4. The minimum atomic E-state index is 0.199. The maximum atomic E-state index is 11.8. The lowest BCUT2D eigenvalue weighted by Crippen LogP contribution is -2.31. The van der Waals surface area contributed by atoms with Gasteiger partial charge in [-0.3, -0.25) is 4.79 Å². The summed E-state index contributed by atoms with van der Waals surface area (Å²) in [5.74, 6) is 1.56. The lowest BCUT2D eigenvalue weighted by Gasteiger charge is -2.17. The Bertz CT molecular complexity index is 670. The second kappa shape index (κ2) is 6.27. The summed E-state index contributed by atoms with van der Waals surface area (Å²) < 4.78 is 6.81. The van der Waals surface area contributed by atoms with Gasteiger partial charge in [-0.25, -0.2) is 4.98 Å². The topological polar surface area (TPSA) is 84.7 Å². The van der Waals surface area contributed by atoms with E-state index < -0.39 is 0 Å². The summed E-state index contributed by atoms with van der Waals surface area (Å²) in [4.78, 5) is 22.2. The molecule has 0 radical (unpaired) electrons. The lowest BCUT2D eigenvalue weighted by molar-refractivity contribution is -0.129. The average molecular weight is 304 g/mol. The van der Waals surface area contributed by atoms with Crippen LogP contribution in [0, 0.1) is 0 Å². The van der Waals surface area contributed by atoms with Gasteiger partial charge in [-0.2, -0.15) is 14.6 Å². The van der Waals surface area contributed by atoms with Gasteiger partial charge < -0.3 is 15.0 Å². The van der Waals surface area contributed by atoms with Gasteiger partial charge in [0, 0.05) is 38.7 Å². The summed E-state index contributed by atoms with van der Waals surface area (Å²) in [5.41, 5.74) is 0.796. The molecule has 22 heavy (non-hydrogen) atoms. The van der Waals surface area contributed by atoms with Crippen molar-refractivity contribution in [3.63, 3.8) is 0 Å². The predicted molar refractivity (Wildman–Crippen MR) is 80.4 cm³/mol. The zero-order chi connectivity index (χ0) is 15.5. The molecule has 8 heteroatoms. The number of carbonyl (C=O) groups excluding carboxylic acids is 1. The van der Waals surface area contributed by atoms with Gasteiger partial charge in [0.05, 0.1) is 12.3 Å². The number of amides is 1. The molecule has 2 aromatic rings. The molecule has 0 aliphatic carbocycles. The van der Waals surface area contributed by atoms with Gasteiger partial charge >= 0.3 is 0 Å². The number of nitrogens with zero attached hydrogens (tertiary/aromatic N) is 5. The van der Waals surface area contributed by atoms with Crippen molar-refractivity contribution >= 4 is 17.5 Å². The quantitative estimate of drug-likeness (QED) is 0.875. The molecule has 3 rings (SSSR count). The zero-order valence-electron chi connectivity index (χ0n) is 12.8. The maximum absolute atomic E-state index is 11.8. The maximum Gasteiger partial charge on any atom is 0.254 e. The van der Waals surface area contributed by atoms with Crippen LogP contribution in [-0.4, -0.2) is 56.6 Å². The Balaban J connectivity index is 1.78. The van der Waals surface area contributed by atoms with Gasteiger partial charge in [-0.1, -0.05) is 6.92 Å². The molecular formula is C14H20N6O2. The molecule has 8 nitrogen and oxygen atoms in total. The van der Waals surface area contributed by atoms with Crippen LogP contribution in [-0.2, 0) is 16.1 Å². The predicted octanol–water partition coefficient (Wildman–Crippen LogP) is 0.693. The summed E-state index contributed by atoms with van der Waals surface area (Å²) in [6.07, 6.45) is 2.95. The van der Waals surface area contributed by atoms with E-state index in [0.29, 0.717) is 25.4 Å². The molecule has 1 N–H and O–H groups in total. The van der Waals surface area contributed by atoms with Gasteiger partial charge in [-0.05, 0) is 6.42 Å². The Morgan fingerprint density at radius 1 is 1.55 bits per heavy atom. The number of nitrogens with one attached hydrogen (secondary N) is 1. The number of fused-ring (bicyclic) bond motifs is 1. The normalized spacial score (nSPS) is 18.1. The summed E-state index contributed by atoms with van der Waals surface area (Å²) in [7, 11) is 1.63. The van der Waals surface area contributed by atoms with E-state index in [1.165, 1.54) is 6.33 Å². The van der Waals surface area contributed by atoms with Crippen LogP contribution >= 0.6 is 0 Å². The molecule has 2 aromatic heterocycles. The summed E-state index contributed by atoms with van der Waals surface area (Å²) in [6, 6.07) is 2.12.